The van der Waals surface area contributed by atoms with E-state index in [1.165, 1.54) is 0 Å². The third kappa shape index (κ3) is 4.92. The molecule has 0 aliphatic carbocycles. The van der Waals surface area contributed by atoms with Gasteiger partial charge in [0.2, 0.25) is 0 Å². The lowest BCUT2D eigenvalue weighted by molar-refractivity contribution is -0.164. The maximum absolute atomic E-state index is 13.2. The van der Waals surface area contributed by atoms with E-state index >= 15 is 0 Å². The van der Waals surface area contributed by atoms with E-state index in [1.807, 2.05) is 13.8 Å². The SMILES string of the molecule is CCC(C(=O)C(C)(O)[C@@H]1CC[C@H](CC)O1)C(O)C(C)C1OC[C@@H](C)C[C@@H]1C. The smallest absolute Gasteiger partial charge is 0.172 e. The predicted octanol–water partition coefficient (Wildman–Crippen LogP) is 3.35. The zero-order chi connectivity index (χ0) is 20.4. The first kappa shape index (κ1) is 22.8. The zero-order valence-electron chi connectivity index (χ0n) is 18.0. The highest BCUT2D eigenvalue weighted by Crippen LogP contribution is 2.36. The molecule has 2 heterocycles. The van der Waals surface area contributed by atoms with Crippen molar-refractivity contribution in [1.82, 2.24) is 0 Å². The van der Waals surface area contributed by atoms with Gasteiger partial charge in [0.05, 0.1) is 24.4 Å². The second-order valence-electron chi connectivity index (χ2n) is 9.22. The number of rotatable bonds is 8. The van der Waals surface area contributed by atoms with Gasteiger partial charge in [0.15, 0.2) is 5.78 Å². The quantitative estimate of drug-likeness (QED) is 0.671. The Kier molecular flexibility index (Phi) is 7.88. The molecule has 9 atom stereocenters. The van der Waals surface area contributed by atoms with Gasteiger partial charge in [-0.3, -0.25) is 4.79 Å². The number of carbonyl (C=O) groups excluding carboxylic acids is 1. The molecule has 0 amide bonds. The molecular weight excluding hydrogens is 344 g/mol. The number of aliphatic hydroxyl groups excluding tert-OH is 1. The van der Waals surface area contributed by atoms with Crippen LogP contribution in [0.3, 0.4) is 0 Å². The Hall–Kier alpha value is -0.490. The van der Waals surface area contributed by atoms with Crippen LogP contribution in [0.2, 0.25) is 0 Å². The molecule has 2 aliphatic rings. The van der Waals surface area contributed by atoms with Gasteiger partial charge in [-0.1, -0.05) is 34.6 Å². The van der Waals surface area contributed by atoms with Gasteiger partial charge in [0.25, 0.3) is 0 Å². The van der Waals surface area contributed by atoms with Crippen LogP contribution >= 0.6 is 0 Å². The largest absolute Gasteiger partial charge is 0.392 e. The predicted molar refractivity (Wildman–Crippen MR) is 105 cm³/mol. The van der Waals surface area contributed by atoms with Crippen molar-refractivity contribution >= 4 is 5.78 Å². The molecule has 0 aromatic carbocycles. The summed E-state index contributed by atoms with van der Waals surface area (Å²) in [6, 6.07) is 0. The summed E-state index contributed by atoms with van der Waals surface area (Å²) in [6.45, 7) is 12.5. The molecule has 5 heteroatoms. The Bertz CT molecular complexity index is 491. The molecule has 0 bridgehead atoms. The Morgan fingerprint density at radius 3 is 2.44 bits per heavy atom. The first-order valence-corrected chi connectivity index (χ1v) is 10.8. The van der Waals surface area contributed by atoms with E-state index in [0.717, 1.165) is 19.3 Å². The van der Waals surface area contributed by atoms with Crippen molar-refractivity contribution < 1.29 is 24.5 Å². The maximum atomic E-state index is 13.2. The summed E-state index contributed by atoms with van der Waals surface area (Å²) in [5.41, 5.74) is -1.57. The van der Waals surface area contributed by atoms with E-state index in [-0.39, 0.29) is 23.9 Å². The van der Waals surface area contributed by atoms with E-state index in [0.29, 0.717) is 31.3 Å². The highest BCUT2D eigenvalue weighted by atomic mass is 16.5. The molecule has 0 aromatic heterocycles. The van der Waals surface area contributed by atoms with Gasteiger partial charge >= 0.3 is 0 Å². The van der Waals surface area contributed by atoms with Crippen LogP contribution < -0.4 is 0 Å². The minimum absolute atomic E-state index is 0.0600. The number of hydrogen-bond donors (Lipinski definition) is 2. The van der Waals surface area contributed by atoms with Crippen molar-refractivity contribution in [2.24, 2.45) is 23.7 Å². The highest BCUT2D eigenvalue weighted by Gasteiger charge is 2.49. The number of aliphatic hydroxyl groups is 2. The Morgan fingerprint density at radius 2 is 1.93 bits per heavy atom. The monoisotopic (exact) mass is 384 g/mol. The van der Waals surface area contributed by atoms with Gasteiger partial charge in [-0.05, 0) is 50.9 Å². The topological polar surface area (TPSA) is 76.0 Å². The van der Waals surface area contributed by atoms with Crippen LogP contribution in [-0.2, 0) is 14.3 Å². The van der Waals surface area contributed by atoms with Crippen molar-refractivity contribution in [3.63, 3.8) is 0 Å². The average Bonchev–Trinajstić information content (AvgIpc) is 3.11. The molecular formula is C22H40O5. The fourth-order valence-corrected chi connectivity index (χ4v) is 5.04. The third-order valence-electron chi connectivity index (χ3n) is 6.84. The van der Waals surface area contributed by atoms with Crippen molar-refractivity contribution in [3.05, 3.63) is 0 Å². The molecule has 5 unspecified atom stereocenters. The number of ketones is 1. The molecule has 158 valence electrons. The summed E-state index contributed by atoms with van der Waals surface area (Å²) in [6.07, 6.45) is 2.71. The summed E-state index contributed by atoms with van der Waals surface area (Å²) in [5.74, 6) is -0.214. The van der Waals surface area contributed by atoms with Crippen LogP contribution in [0.5, 0.6) is 0 Å². The Labute approximate surface area is 164 Å². The molecule has 0 aromatic rings. The van der Waals surface area contributed by atoms with Gasteiger partial charge < -0.3 is 19.7 Å². The highest BCUT2D eigenvalue weighted by molar-refractivity contribution is 5.90. The van der Waals surface area contributed by atoms with Gasteiger partial charge in [-0.25, -0.2) is 0 Å². The fourth-order valence-electron chi connectivity index (χ4n) is 5.04. The summed E-state index contributed by atoms with van der Waals surface area (Å²) < 4.78 is 11.9. The number of Topliss-reactive ketones (excluding diaryl/α,β-unsaturated/α-hetero) is 1. The molecule has 0 saturated carbocycles. The van der Waals surface area contributed by atoms with Gasteiger partial charge in [0.1, 0.15) is 5.60 Å². The normalized spacial score (nSPS) is 37.4. The molecule has 27 heavy (non-hydrogen) atoms. The molecule has 0 radical (unpaired) electrons. The van der Waals surface area contributed by atoms with E-state index in [2.05, 4.69) is 20.8 Å². The van der Waals surface area contributed by atoms with Gasteiger partial charge in [0, 0.05) is 18.4 Å². The molecule has 2 rings (SSSR count). The second kappa shape index (κ2) is 9.34. The summed E-state index contributed by atoms with van der Waals surface area (Å²) in [7, 11) is 0. The molecule has 0 spiro atoms. The van der Waals surface area contributed by atoms with Crippen LogP contribution in [0.4, 0.5) is 0 Å². The fraction of sp³-hybridized carbons (Fsp3) is 0.955. The van der Waals surface area contributed by atoms with Gasteiger partial charge in [-0.2, -0.15) is 0 Å². The molecule has 2 N–H and O–H groups in total. The minimum atomic E-state index is -1.57. The van der Waals surface area contributed by atoms with Crippen LogP contribution in [0.1, 0.15) is 73.6 Å². The second-order valence-corrected chi connectivity index (χ2v) is 9.22. The van der Waals surface area contributed by atoms with Crippen molar-refractivity contribution in [2.75, 3.05) is 6.61 Å². The molecule has 2 aliphatic heterocycles. The van der Waals surface area contributed by atoms with Crippen molar-refractivity contribution in [1.29, 1.82) is 0 Å². The van der Waals surface area contributed by atoms with Crippen LogP contribution in [0.15, 0.2) is 0 Å². The number of hydrogen-bond acceptors (Lipinski definition) is 5. The standard InChI is InChI=1S/C22H40O5/c1-7-16-9-10-18(27-16)22(6,25)21(24)17(8-2)19(23)15(5)20-14(4)11-13(3)12-26-20/h13-20,23,25H,7-12H2,1-6H3/t13-,14-,15?,16-,17?,18-,19?,20?,22?/m0/s1. The summed E-state index contributed by atoms with van der Waals surface area (Å²) in [4.78, 5) is 13.2. The molecule has 2 fully saturated rings. The van der Waals surface area contributed by atoms with E-state index < -0.39 is 23.7 Å². The van der Waals surface area contributed by atoms with E-state index in [9.17, 15) is 15.0 Å². The summed E-state index contributed by atoms with van der Waals surface area (Å²) in [5, 5.41) is 22.0. The van der Waals surface area contributed by atoms with Crippen LogP contribution in [0, 0.1) is 23.7 Å². The first-order valence-electron chi connectivity index (χ1n) is 10.8. The van der Waals surface area contributed by atoms with Crippen molar-refractivity contribution in [3.8, 4) is 0 Å². The Balaban J connectivity index is 2.08. The third-order valence-corrected chi connectivity index (χ3v) is 6.84. The summed E-state index contributed by atoms with van der Waals surface area (Å²) >= 11 is 0. The van der Waals surface area contributed by atoms with E-state index in [1.54, 1.807) is 6.92 Å². The Morgan fingerprint density at radius 1 is 1.26 bits per heavy atom. The minimum Gasteiger partial charge on any atom is -0.392 e. The van der Waals surface area contributed by atoms with Gasteiger partial charge in [-0.15, -0.1) is 0 Å². The van der Waals surface area contributed by atoms with Crippen LogP contribution in [-0.4, -0.2) is 52.6 Å². The molecule has 5 nitrogen and oxygen atoms in total. The number of carbonyl (C=O) groups is 1. The first-order chi connectivity index (χ1) is 12.6. The van der Waals surface area contributed by atoms with Crippen LogP contribution in [0.25, 0.3) is 0 Å². The van der Waals surface area contributed by atoms with Crippen molar-refractivity contribution in [2.45, 2.75) is 104 Å². The lowest BCUT2D eigenvalue weighted by Crippen LogP contribution is -2.54. The van der Waals surface area contributed by atoms with E-state index in [4.69, 9.17) is 9.47 Å². The lowest BCUT2D eigenvalue weighted by atomic mass is 9.74. The average molecular weight is 385 g/mol. The zero-order valence-corrected chi connectivity index (χ0v) is 18.0. The lowest BCUT2D eigenvalue weighted by Gasteiger charge is -2.41. The maximum Gasteiger partial charge on any atom is 0.172 e. The molecule has 2 saturated heterocycles. The number of ether oxygens (including phenoxy) is 2.